The lowest BCUT2D eigenvalue weighted by molar-refractivity contribution is 0.597. The molecule has 112 valence electrons. The van der Waals surface area contributed by atoms with Gasteiger partial charge in [-0.25, -0.2) is 0 Å². The average molecular weight is 306 g/mol. The van der Waals surface area contributed by atoms with Gasteiger partial charge < -0.3 is 10.6 Å². The summed E-state index contributed by atoms with van der Waals surface area (Å²) in [4.78, 5) is 4.19. The summed E-state index contributed by atoms with van der Waals surface area (Å²) in [6, 6.07) is 7.77. The highest BCUT2D eigenvalue weighted by Gasteiger charge is 2.01. The van der Waals surface area contributed by atoms with Gasteiger partial charge in [-0.05, 0) is 24.1 Å². The summed E-state index contributed by atoms with van der Waals surface area (Å²) >= 11 is 6.13. The fourth-order valence-corrected chi connectivity index (χ4v) is 2.12. The molecule has 2 N–H and O–H groups in total. The lowest BCUT2D eigenvalue weighted by Crippen LogP contribution is -2.38. The van der Waals surface area contributed by atoms with Gasteiger partial charge >= 0.3 is 0 Å². The van der Waals surface area contributed by atoms with Crippen LogP contribution in [0.25, 0.3) is 0 Å². The molecule has 0 aliphatic carbocycles. The number of benzene rings is 1. The van der Waals surface area contributed by atoms with Crippen molar-refractivity contribution in [2.75, 3.05) is 13.6 Å². The highest BCUT2D eigenvalue weighted by atomic mass is 35.5. The monoisotopic (exact) mass is 305 g/mol. The van der Waals surface area contributed by atoms with E-state index in [0.717, 1.165) is 35.2 Å². The van der Waals surface area contributed by atoms with Gasteiger partial charge in [0.25, 0.3) is 0 Å². The molecule has 6 heteroatoms. The highest BCUT2D eigenvalue weighted by molar-refractivity contribution is 6.31. The summed E-state index contributed by atoms with van der Waals surface area (Å²) in [6.45, 7) is 4.21. The van der Waals surface area contributed by atoms with Crippen LogP contribution in [0.1, 0.15) is 11.1 Å². The number of halogens is 1. The second-order valence-corrected chi connectivity index (χ2v) is 5.13. The number of guanidine groups is 1. The Morgan fingerprint density at radius 3 is 2.81 bits per heavy atom. The van der Waals surface area contributed by atoms with Crippen molar-refractivity contribution in [2.45, 2.75) is 20.0 Å². The first-order valence-electron chi connectivity index (χ1n) is 6.86. The summed E-state index contributed by atoms with van der Waals surface area (Å²) in [5, 5.41) is 11.5. The van der Waals surface area contributed by atoms with Gasteiger partial charge in [0.15, 0.2) is 5.96 Å². The maximum absolute atomic E-state index is 6.13. The molecule has 0 saturated heterocycles. The molecule has 1 heterocycles. The van der Waals surface area contributed by atoms with Crippen LogP contribution in [-0.4, -0.2) is 29.3 Å². The van der Waals surface area contributed by atoms with E-state index in [1.165, 1.54) is 0 Å². The number of nitrogens with one attached hydrogen (secondary N) is 2. The van der Waals surface area contributed by atoms with Crippen molar-refractivity contribution < 1.29 is 0 Å². The van der Waals surface area contributed by atoms with Crippen molar-refractivity contribution in [1.82, 2.24) is 20.4 Å². The Hall–Kier alpha value is -2.01. The second kappa shape index (κ2) is 7.69. The minimum atomic E-state index is 0.639. The second-order valence-electron chi connectivity index (χ2n) is 4.72. The Morgan fingerprint density at radius 1 is 1.33 bits per heavy atom. The molecule has 0 saturated carbocycles. The smallest absolute Gasteiger partial charge is 0.191 e. The quantitative estimate of drug-likeness (QED) is 0.658. The third kappa shape index (κ3) is 4.79. The number of hydrogen-bond acceptors (Lipinski definition) is 2. The van der Waals surface area contributed by atoms with Crippen LogP contribution in [-0.2, 0) is 13.1 Å². The summed E-state index contributed by atoms with van der Waals surface area (Å²) in [7, 11) is 1.75. The third-order valence-corrected chi connectivity index (χ3v) is 3.39. The Bertz CT molecular complexity index is 606. The molecule has 0 bridgehead atoms. The van der Waals surface area contributed by atoms with Gasteiger partial charge in [-0.15, -0.1) is 0 Å². The summed E-state index contributed by atoms with van der Waals surface area (Å²) < 4.78 is 1.91. The maximum Gasteiger partial charge on any atom is 0.191 e. The fourth-order valence-electron chi connectivity index (χ4n) is 1.92. The standard InChI is InChI=1S/C15H20ClN5/c1-12-9-20-21(11-12)8-7-18-15(17-2)19-10-13-5-3-4-6-14(13)16/h3-6,9,11H,7-8,10H2,1-2H3,(H2,17,18,19). The van der Waals surface area contributed by atoms with Crippen LogP contribution in [0.3, 0.4) is 0 Å². The van der Waals surface area contributed by atoms with E-state index in [0.29, 0.717) is 6.54 Å². The zero-order valence-electron chi connectivity index (χ0n) is 12.3. The lowest BCUT2D eigenvalue weighted by Gasteiger charge is -2.12. The Labute approximate surface area is 130 Å². The summed E-state index contributed by atoms with van der Waals surface area (Å²) in [6.07, 6.45) is 3.87. The van der Waals surface area contributed by atoms with Crippen LogP contribution in [0.2, 0.25) is 5.02 Å². The van der Waals surface area contributed by atoms with E-state index in [1.54, 1.807) is 7.05 Å². The molecule has 1 aromatic heterocycles. The van der Waals surface area contributed by atoms with E-state index in [2.05, 4.69) is 20.7 Å². The first kappa shape index (κ1) is 15.4. The first-order valence-corrected chi connectivity index (χ1v) is 7.24. The van der Waals surface area contributed by atoms with Crippen LogP contribution in [0.15, 0.2) is 41.7 Å². The van der Waals surface area contributed by atoms with Gasteiger partial charge in [0.1, 0.15) is 0 Å². The molecule has 2 rings (SSSR count). The van der Waals surface area contributed by atoms with Crippen molar-refractivity contribution in [3.63, 3.8) is 0 Å². The fraction of sp³-hybridized carbons (Fsp3) is 0.333. The Balaban J connectivity index is 1.77. The van der Waals surface area contributed by atoms with Gasteiger partial charge in [-0.1, -0.05) is 29.8 Å². The molecule has 1 aromatic carbocycles. The Kier molecular flexibility index (Phi) is 5.63. The number of nitrogens with zero attached hydrogens (tertiary/aromatic N) is 3. The zero-order chi connectivity index (χ0) is 15.1. The van der Waals surface area contributed by atoms with Gasteiger partial charge in [-0.3, -0.25) is 9.67 Å². The van der Waals surface area contributed by atoms with Crippen molar-refractivity contribution in [3.05, 3.63) is 52.8 Å². The van der Waals surface area contributed by atoms with E-state index in [-0.39, 0.29) is 0 Å². The molecule has 0 aliphatic heterocycles. The van der Waals surface area contributed by atoms with Gasteiger partial charge in [-0.2, -0.15) is 5.10 Å². The van der Waals surface area contributed by atoms with E-state index in [9.17, 15) is 0 Å². The van der Waals surface area contributed by atoms with Crippen LogP contribution in [0.5, 0.6) is 0 Å². The largest absolute Gasteiger partial charge is 0.355 e. The molecule has 0 amide bonds. The molecule has 0 atom stereocenters. The van der Waals surface area contributed by atoms with Gasteiger partial charge in [0.2, 0.25) is 0 Å². The summed E-state index contributed by atoms with van der Waals surface area (Å²) in [5.74, 6) is 0.749. The molecule has 5 nitrogen and oxygen atoms in total. The number of aromatic nitrogens is 2. The van der Waals surface area contributed by atoms with Crippen molar-refractivity contribution in [3.8, 4) is 0 Å². The third-order valence-electron chi connectivity index (χ3n) is 3.02. The molecule has 0 spiro atoms. The van der Waals surface area contributed by atoms with Crippen molar-refractivity contribution >= 4 is 17.6 Å². The minimum Gasteiger partial charge on any atom is -0.355 e. The van der Waals surface area contributed by atoms with E-state index in [1.807, 2.05) is 48.3 Å². The number of aryl methyl sites for hydroxylation is 1. The predicted octanol–water partition coefficient (Wildman–Crippen LogP) is 2.21. The maximum atomic E-state index is 6.13. The molecule has 21 heavy (non-hydrogen) atoms. The number of rotatable bonds is 5. The molecular weight excluding hydrogens is 286 g/mol. The van der Waals surface area contributed by atoms with Gasteiger partial charge in [0.05, 0.1) is 12.7 Å². The molecular formula is C15H20ClN5. The highest BCUT2D eigenvalue weighted by Crippen LogP contribution is 2.14. The lowest BCUT2D eigenvalue weighted by atomic mass is 10.2. The molecule has 0 aliphatic rings. The van der Waals surface area contributed by atoms with E-state index in [4.69, 9.17) is 11.6 Å². The predicted molar refractivity (Wildman–Crippen MR) is 86.6 cm³/mol. The average Bonchev–Trinajstić information content (AvgIpc) is 2.90. The van der Waals surface area contributed by atoms with Crippen molar-refractivity contribution in [1.29, 1.82) is 0 Å². The normalized spacial score (nSPS) is 11.5. The molecule has 0 unspecified atom stereocenters. The molecule has 0 radical (unpaired) electrons. The minimum absolute atomic E-state index is 0.639. The zero-order valence-corrected chi connectivity index (χ0v) is 13.1. The van der Waals surface area contributed by atoms with Crippen LogP contribution >= 0.6 is 11.6 Å². The molecule has 0 fully saturated rings. The van der Waals surface area contributed by atoms with Crippen LogP contribution in [0.4, 0.5) is 0 Å². The van der Waals surface area contributed by atoms with Crippen molar-refractivity contribution in [2.24, 2.45) is 4.99 Å². The van der Waals surface area contributed by atoms with Crippen LogP contribution in [0, 0.1) is 6.92 Å². The van der Waals surface area contributed by atoms with Crippen LogP contribution < -0.4 is 10.6 Å². The first-order chi connectivity index (χ1) is 10.2. The Morgan fingerprint density at radius 2 is 2.14 bits per heavy atom. The molecule has 2 aromatic rings. The number of aliphatic imine (C=N–C) groups is 1. The van der Waals surface area contributed by atoms with E-state index < -0.39 is 0 Å². The van der Waals surface area contributed by atoms with E-state index >= 15 is 0 Å². The van der Waals surface area contributed by atoms with Gasteiger partial charge in [0, 0.05) is 31.4 Å². The summed E-state index contributed by atoms with van der Waals surface area (Å²) in [5.41, 5.74) is 2.21. The topological polar surface area (TPSA) is 54.2 Å². The SMILES string of the molecule is CN=C(NCCn1cc(C)cn1)NCc1ccccc1Cl. The number of hydrogen-bond donors (Lipinski definition) is 2.